The summed E-state index contributed by atoms with van der Waals surface area (Å²) in [7, 11) is 0. The van der Waals surface area contributed by atoms with Crippen molar-refractivity contribution in [2.45, 2.75) is 31.9 Å². The molecule has 1 heterocycles. The molecule has 0 radical (unpaired) electrons. The molecule has 0 bridgehead atoms. The van der Waals surface area contributed by atoms with Crippen LogP contribution in [0.1, 0.15) is 31.1 Å². The van der Waals surface area contributed by atoms with Gasteiger partial charge in [0.15, 0.2) is 0 Å². The van der Waals surface area contributed by atoms with E-state index in [1.165, 1.54) is 16.2 Å². The zero-order valence-electron chi connectivity index (χ0n) is 11.9. The molecule has 1 aromatic rings. The van der Waals surface area contributed by atoms with Crippen LogP contribution in [0.5, 0.6) is 0 Å². The van der Waals surface area contributed by atoms with Gasteiger partial charge in [0.2, 0.25) is 5.91 Å². The minimum Gasteiger partial charge on any atom is -0.481 e. The molecule has 0 aliphatic carbocycles. The van der Waals surface area contributed by atoms with Gasteiger partial charge in [0.25, 0.3) is 0 Å². The highest BCUT2D eigenvalue weighted by molar-refractivity contribution is 7.99. The van der Waals surface area contributed by atoms with E-state index < -0.39 is 5.97 Å². The lowest BCUT2D eigenvalue weighted by molar-refractivity contribution is -0.137. The Hall–Kier alpha value is -0.720. The Labute approximate surface area is 138 Å². The number of hydrogen-bond donors (Lipinski definition) is 2. The van der Waals surface area contributed by atoms with Crippen molar-refractivity contribution in [3.05, 3.63) is 21.3 Å². The molecule has 0 saturated heterocycles. The molecule has 1 unspecified atom stereocenters. The van der Waals surface area contributed by atoms with Crippen LogP contribution >= 0.6 is 34.7 Å². The SMILES string of the molecule is CC(CCNC(=O)CSCc1ccc(Cl)s1)CCC(=O)O. The average molecular weight is 350 g/mol. The highest BCUT2D eigenvalue weighted by atomic mass is 35.5. The van der Waals surface area contributed by atoms with Crippen LogP contribution in [-0.2, 0) is 15.3 Å². The summed E-state index contributed by atoms with van der Waals surface area (Å²) in [5.74, 6) is 0.783. The van der Waals surface area contributed by atoms with Gasteiger partial charge < -0.3 is 10.4 Å². The fraction of sp³-hybridized carbons (Fsp3) is 0.571. The Kier molecular flexibility index (Phi) is 8.80. The van der Waals surface area contributed by atoms with Crippen LogP contribution in [0.15, 0.2) is 12.1 Å². The van der Waals surface area contributed by atoms with Gasteiger partial charge in [-0.25, -0.2) is 0 Å². The van der Waals surface area contributed by atoms with Gasteiger partial charge in [-0.05, 0) is 30.9 Å². The molecule has 1 rings (SSSR count). The van der Waals surface area contributed by atoms with E-state index in [-0.39, 0.29) is 12.3 Å². The molecule has 21 heavy (non-hydrogen) atoms. The number of rotatable bonds is 10. The lowest BCUT2D eigenvalue weighted by atomic mass is 10.0. The minimum atomic E-state index is -0.768. The molecule has 7 heteroatoms. The van der Waals surface area contributed by atoms with E-state index in [1.54, 1.807) is 11.8 Å². The van der Waals surface area contributed by atoms with Crippen molar-refractivity contribution in [3.63, 3.8) is 0 Å². The van der Waals surface area contributed by atoms with E-state index >= 15 is 0 Å². The Morgan fingerprint density at radius 3 is 2.81 bits per heavy atom. The summed E-state index contributed by atoms with van der Waals surface area (Å²) in [6.07, 6.45) is 1.65. The van der Waals surface area contributed by atoms with Crippen LogP contribution < -0.4 is 5.32 Å². The van der Waals surface area contributed by atoms with Crippen molar-refractivity contribution in [1.82, 2.24) is 5.32 Å². The van der Waals surface area contributed by atoms with E-state index in [9.17, 15) is 9.59 Å². The first-order valence-corrected chi connectivity index (χ1v) is 9.12. The van der Waals surface area contributed by atoms with Gasteiger partial charge in [-0.15, -0.1) is 23.1 Å². The van der Waals surface area contributed by atoms with Gasteiger partial charge >= 0.3 is 5.97 Å². The smallest absolute Gasteiger partial charge is 0.303 e. The molecule has 1 atom stereocenters. The Bertz CT molecular complexity index is 465. The first-order chi connectivity index (χ1) is 9.97. The molecule has 0 aromatic carbocycles. The molecular formula is C14H20ClNO3S2. The molecule has 4 nitrogen and oxygen atoms in total. The van der Waals surface area contributed by atoms with Crippen molar-refractivity contribution in [2.75, 3.05) is 12.3 Å². The van der Waals surface area contributed by atoms with Crippen LogP contribution in [0.3, 0.4) is 0 Å². The molecule has 0 saturated carbocycles. The van der Waals surface area contributed by atoms with E-state index in [2.05, 4.69) is 5.32 Å². The molecular weight excluding hydrogens is 330 g/mol. The van der Waals surface area contributed by atoms with E-state index in [1.807, 2.05) is 19.1 Å². The second kappa shape index (κ2) is 10.1. The molecule has 118 valence electrons. The maximum Gasteiger partial charge on any atom is 0.303 e. The van der Waals surface area contributed by atoms with Crippen molar-refractivity contribution < 1.29 is 14.7 Å². The third-order valence-corrected chi connectivity index (χ3v) is 5.31. The largest absolute Gasteiger partial charge is 0.481 e. The standard InChI is InChI=1S/C14H20ClNO3S2/c1-10(2-5-14(18)19)6-7-16-13(17)9-20-8-11-3-4-12(15)21-11/h3-4,10H,2,5-9H2,1H3,(H,16,17)(H,18,19). The molecule has 0 aliphatic rings. The van der Waals surface area contributed by atoms with Gasteiger partial charge in [-0.3, -0.25) is 9.59 Å². The second-order valence-corrected chi connectivity index (χ2v) is 7.66. The fourth-order valence-corrected chi connectivity index (χ4v) is 3.75. The van der Waals surface area contributed by atoms with Crippen LogP contribution in [0.4, 0.5) is 0 Å². The molecule has 1 amide bonds. The predicted octanol–water partition coefficient (Wildman–Crippen LogP) is 3.64. The number of nitrogens with one attached hydrogen (secondary N) is 1. The fourth-order valence-electron chi connectivity index (χ4n) is 1.70. The summed E-state index contributed by atoms with van der Waals surface area (Å²) < 4.78 is 0.769. The van der Waals surface area contributed by atoms with Crippen molar-refractivity contribution in [2.24, 2.45) is 5.92 Å². The Balaban J connectivity index is 2.04. The van der Waals surface area contributed by atoms with E-state index in [4.69, 9.17) is 16.7 Å². The minimum absolute atomic E-state index is 0.0214. The van der Waals surface area contributed by atoms with E-state index in [0.717, 1.165) is 16.5 Å². The number of thioether (sulfide) groups is 1. The van der Waals surface area contributed by atoms with Crippen molar-refractivity contribution in [1.29, 1.82) is 0 Å². The summed E-state index contributed by atoms with van der Waals surface area (Å²) in [6.45, 7) is 2.61. The average Bonchev–Trinajstić information content (AvgIpc) is 2.82. The van der Waals surface area contributed by atoms with Gasteiger partial charge in [-0.1, -0.05) is 18.5 Å². The monoisotopic (exact) mass is 349 g/mol. The van der Waals surface area contributed by atoms with Crippen LogP contribution in [0.25, 0.3) is 0 Å². The second-order valence-electron chi connectivity index (χ2n) is 4.87. The number of halogens is 1. The number of carboxylic acids is 1. The summed E-state index contributed by atoms with van der Waals surface area (Å²) >= 11 is 8.94. The van der Waals surface area contributed by atoms with Gasteiger partial charge in [0, 0.05) is 23.6 Å². The predicted molar refractivity (Wildman–Crippen MR) is 89.2 cm³/mol. The molecule has 2 N–H and O–H groups in total. The van der Waals surface area contributed by atoms with Crippen LogP contribution in [-0.4, -0.2) is 29.3 Å². The molecule has 0 fully saturated rings. The molecule has 1 aromatic heterocycles. The Morgan fingerprint density at radius 1 is 1.43 bits per heavy atom. The molecule has 0 aliphatic heterocycles. The highest BCUT2D eigenvalue weighted by Gasteiger charge is 2.07. The van der Waals surface area contributed by atoms with E-state index in [0.29, 0.717) is 24.6 Å². The van der Waals surface area contributed by atoms with Gasteiger partial charge in [-0.2, -0.15) is 0 Å². The maximum absolute atomic E-state index is 11.6. The third-order valence-electron chi connectivity index (χ3n) is 2.92. The van der Waals surface area contributed by atoms with Crippen molar-refractivity contribution >= 4 is 46.6 Å². The lowest BCUT2D eigenvalue weighted by Gasteiger charge is -2.10. The first-order valence-electron chi connectivity index (χ1n) is 6.78. The number of hydrogen-bond acceptors (Lipinski definition) is 4. The van der Waals surface area contributed by atoms with Gasteiger partial charge in [0.1, 0.15) is 0 Å². The number of aliphatic carboxylic acids is 1. The summed E-state index contributed by atoms with van der Waals surface area (Å²) in [5.41, 5.74) is 0. The zero-order chi connectivity index (χ0) is 15.7. The summed E-state index contributed by atoms with van der Waals surface area (Å²) in [6, 6.07) is 3.84. The number of carbonyl (C=O) groups is 2. The number of carbonyl (C=O) groups excluding carboxylic acids is 1. The number of thiophene rings is 1. The topological polar surface area (TPSA) is 66.4 Å². The summed E-state index contributed by atoms with van der Waals surface area (Å²) in [5, 5.41) is 11.5. The first kappa shape index (κ1) is 18.3. The number of amides is 1. The Morgan fingerprint density at radius 2 is 2.19 bits per heavy atom. The normalized spacial score (nSPS) is 12.1. The lowest BCUT2D eigenvalue weighted by Crippen LogP contribution is -2.27. The number of carboxylic acid groups (broad SMARTS) is 1. The molecule has 0 spiro atoms. The van der Waals surface area contributed by atoms with Crippen LogP contribution in [0, 0.1) is 5.92 Å². The third kappa shape index (κ3) is 9.01. The quantitative estimate of drug-likeness (QED) is 0.676. The maximum atomic E-state index is 11.6. The van der Waals surface area contributed by atoms with Gasteiger partial charge in [0.05, 0.1) is 10.1 Å². The van der Waals surface area contributed by atoms with Crippen molar-refractivity contribution in [3.8, 4) is 0 Å². The highest BCUT2D eigenvalue weighted by Crippen LogP contribution is 2.24. The summed E-state index contributed by atoms with van der Waals surface area (Å²) in [4.78, 5) is 23.2. The van der Waals surface area contributed by atoms with Crippen LogP contribution in [0.2, 0.25) is 4.34 Å². The zero-order valence-corrected chi connectivity index (χ0v) is 14.3.